The zero-order chi connectivity index (χ0) is 22.1. The second-order valence-electron chi connectivity index (χ2n) is 6.65. The van der Waals surface area contributed by atoms with Gasteiger partial charge in [-0.25, -0.2) is 0 Å². The summed E-state index contributed by atoms with van der Waals surface area (Å²) in [6.45, 7) is 4.54. The number of fused-ring (bicyclic) bond motifs is 2. The van der Waals surface area contributed by atoms with Gasteiger partial charge in [-0.1, -0.05) is 10.8 Å². The van der Waals surface area contributed by atoms with Crippen molar-refractivity contribution in [1.82, 2.24) is 0 Å². The van der Waals surface area contributed by atoms with Crippen LogP contribution >= 0.6 is 0 Å². The number of rotatable bonds is 4. The first-order chi connectivity index (χ1) is 14.5. The van der Waals surface area contributed by atoms with E-state index in [1.54, 1.807) is 28.4 Å². The van der Waals surface area contributed by atoms with E-state index in [0.29, 0.717) is 0 Å². The van der Waals surface area contributed by atoms with Crippen LogP contribution in [0.5, 0.6) is 23.0 Å². The molecule has 0 atom stereocenters. The van der Waals surface area contributed by atoms with Crippen molar-refractivity contribution in [2.24, 2.45) is 0 Å². The number of methoxy groups -OCH3 is 4. The van der Waals surface area contributed by atoms with Crippen molar-refractivity contribution in [2.45, 2.75) is 13.1 Å². The summed E-state index contributed by atoms with van der Waals surface area (Å²) < 4.78 is 20.9. The van der Waals surface area contributed by atoms with E-state index in [9.17, 15) is 0 Å². The maximum atomic E-state index is 5.23. The Hall–Kier alpha value is -1.63. The second-order valence-corrected chi connectivity index (χ2v) is 13.3. The van der Waals surface area contributed by atoms with Crippen molar-refractivity contribution in [1.29, 1.82) is 0 Å². The quantitative estimate of drug-likeness (QED) is 0.276. The van der Waals surface area contributed by atoms with Gasteiger partial charge in [0, 0.05) is 11.5 Å². The van der Waals surface area contributed by atoms with Crippen LogP contribution in [0.25, 0.3) is 21.5 Å². The molecule has 0 aromatic heterocycles. The topological polar surface area (TPSA) is 36.9 Å². The van der Waals surface area contributed by atoms with Gasteiger partial charge in [0.1, 0.15) is 0 Å². The summed E-state index contributed by atoms with van der Waals surface area (Å²) in [6, 6.07) is 19.8. The molecule has 172 valence electrons. The first-order valence-corrected chi connectivity index (χ1v) is 14.4. The zero-order valence-corrected chi connectivity index (χ0v) is 23.2. The summed E-state index contributed by atoms with van der Waals surface area (Å²) in [6.07, 6.45) is 0.120. The van der Waals surface area contributed by atoms with Crippen LogP contribution < -0.4 is 43.8 Å². The maximum absolute atomic E-state index is 5.23. The van der Waals surface area contributed by atoms with Crippen LogP contribution in [-0.2, 0) is 19.2 Å². The van der Waals surface area contributed by atoms with E-state index in [-0.39, 0.29) is 31.0 Å². The van der Waals surface area contributed by atoms with E-state index < -0.39 is 0 Å². The number of ether oxygens (including phenoxy) is 4. The Balaban J connectivity index is 0.000000490. The van der Waals surface area contributed by atoms with Crippen LogP contribution in [-0.4, -0.2) is 34.6 Å². The minimum absolute atomic E-state index is 0. The van der Waals surface area contributed by atoms with Crippen LogP contribution in [0.2, 0.25) is 13.1 Å². The van der Waals surface area contributed by atoms with Gasteiger partial charge in [0.2, 0.25) is 0 Å². The molecule has 0 unspecified atom stereocenters. The molecule has 0 heterocycles. The summed E-state index contributed by atoms with van der Waals surface area (Å²) in [4.78, 5) is 0. The molecule has 4 aromatic carbocycles. The summed E-state index contributed by atoms with van der Waals surface area (Å²) in [5.74, 6) is 3.57. The van der Waals surface area contributed by atoms with Gasteiger partial charge in [0.15, 0.2) is 0 Å². The third-order valence-corrected chi connectivity index (χ3v) is 4.35. The van der Waals surface area contributed by atoms with E-state index in [1.165, 1.54) is 0 Å². The van der Waals surface area contributed by atoms with Gasteiger partial charge in [0.25, 0.3) is 0 Å². The fourth-order valence-electron chi connectivity index (χ4n) is 3.07. The molecule has 0 fully saturated rings. The Morgan fingerprint density at radius 2 is 1.00 bits per heavy atom. The fourth-order valence-corrected chi connectivity index (χ4v) is 3.07. The molecule has 4 rings (SSSR count). The molecule has 0 amide bonds. The molecule has 0 bridgehead atoms. The molecule has 4 nitrogen and oxygen atoms in total. The SMILES string of the molecule is COc1cccc2c1cc[c-]2OC.COc1cccc2c1cc[c-]2OC.C[Si](C)=[Ti+2].[Cl-].[Cl-]. The zero-order valence-electron chi connectivity index (χ0n) is 19.2. The molecule has 0 radical (unpaired) electrons. The van der Waals surface area contributed by atoms with Crippen LogP contribution in [0, 0.1) is 0 Å². The van der Waals surface area contributed by atoms with Gasteiger partial charge in [-0.2, -0.15) is 12.1 Å². The Kier molecular flexibility index (Phi) is 14.5. The first kappa shape index (κ1) is 30.4. The average Bonchev–Trinajstić information content (AvgIpc) is 3.37. The minimum atomic E-state index is 0. The third kappa shape index (κ3) is 7.75. The fraction of sp³-hybridized carbons (Fsp3) is 0.250. The normalized spacial score (nSPS) is 9.25. The van der Waals surface area contributed by atoms with Gasteiger partial charge >= 0.3 is 38.5 Å². The summed E-state index contributed by atoms with van der Waals surface area (Å²) >= 11 is 2.27. The van der Waals surface area contributed by atoms with E-state index in [4.69, 9.17) is 18.9 Å². The molecule has 0 spiro atoms. The predicted octanol–water partition coefficient (Wildman–Crippen LogP) is -0.0559. The average molecular weight is 527 g/mol. The van der Waals surface area contributed by atoms with E-state index in [1.807, 2.05) is 60.7 Å². The largest absolute Gasteiger partial charge is 1.00 e. The minimum Gasteiger partial charge on any atom is -1.00 e. The Morgan fingerprint density at radius 1 is 0.656 bits per heavy atom. The predicted molar refractivity (Wildman–Crippen MR) is 123 cm³/mol. The van der Waals surface area contributed by atoms with Crippen molar-refractivity contribution in [3.63, 3.8) is 0 Å². The summed E-state index contributed by atoms with van der Waals surface area (Å²) in [5, 5.41) is 4.40. The molecular weight excluding hydrogens is 499 g/mol. The van der Waals surface area contributed by atoms with Crippen molar-refractivity contribution in [3.05, 3.63) is 60.7 Å². The standard InChI is InChI=1S/2C11H11O2.C2H6Si.2ClH.Ti/c2*1-12-10-5-3-4-8-9(10)6-7-11(8)13-2;1-3-2;;;/h2*3-7H,1-2H3;1-2H3;2*1H;/q2*-1;;;;+2/p-2. The van der Waals surface area contributed by atoms with Gasteiger partial charge < -0.3 is 43.8 Å². The molecule has 0 saturated heterocycles. The molecule has 0 aliphatic heterocycles. The van der Waals surface area contributed by atoms with Gasteiger partial charge in [-0.15, -0.1) is 47.2 Å². The van der Waals surface area contributed by atoms with Crippen molar-refractivity contribution < 1.29 is 62.9 Å². The van der Waals surface area contributed by atoms with E-state index in [2.05, 4.69) is 32.3 Å². The Morgan fingerprint density at radius 3 is 1.28 bits per heavy atom. The molecular formula is C24H28Cl2O4SiTi-2. The van der Waals surface area contributed by atoms with Crippen LogP contribution in [0.15, 0.2) is 60.7 Å². The smallest absolute Gasteiger partial charge is 1.00 e. The molecule has 0 saturated carbocycles. The molecule has 0 aliphatic carbocycles. The van der Waals surface area contributed by atoms with Crippen LogP contribution in [0.4, 0.5) is 0 Å². The Labute approximate surface area is 214 Å². The van der Waals surface area contributed by atoms with Crippen LogP contribution in [0.3, 0.4) is 0 Å². The number of halogens is 2. The first-order valence-electron chi connectivity index (χ1n) is 9.51. The molecule has 4 aromatic rings. The van der Waals surface area contributed by atoms with Crippen molar-refractivity contribution in [2.75, 3.05) is 28.4 Å². The number of benzene rings is 2. The molecule has 0 N–H and O–H groups in total. The van der Waals surface area contributed by atoms with E-state index in [0.717, 1.165) is 44.5 Å². The van der Waals surface area contributed by atoms with Gasteiger partial charge in [-0.05, 0) is 12.1 Å². The maximum Gasteiger partial charge on any atom is -1.00 e. The van der Waals surface area contributed by atoms with E-state index >= 15 is 0 Å². The Bertz CT molecular complexity index is 1020. The van der Waals surface area contributed by atoms with Crippen molar-refractivity contribution in [3.8, 4) is 23.0 Å². The molecule has 0 aliphatic rings. The van der Waals surface area contributed by atoms with Gasteiger partial charge in [-0.3, -0.25) is 0 Å². The second kappa shape index (κ2) is 15.3. The summed E-state index contributed by atoms with van der Waals surface area (Å²) in [5.41, 5.74) is 0. The molecule has 32 heavy (non-hydrogen) atoms. The van der Waals surface area contributed by atoms with Gasteiger partial charge in [0.05, 0.1) is 39.9 Å². The summed E-state index contributed by atoms with van der Waals surface area (Å²) in [7, 11) is 6.70. The third-order valence-electron chi connectivity index (χ3n) is 4.35. The molecule has 8 heteroatoms. The monoisotopic (exact) mass is 526 g/mol. The number of hydrogen-bond acceptors (Lipinski definition) is 4. The van der Waals surface area contributed by atoms with Crippen LogP contribution in [0.1, 0.15) is 0 Å². The number of hydrogen-bond donors (Lipinski definition) is 0. The van der Waals surface area contributed by atoms with Crippen molar-refractivity contribution >= 4 is 27.7 Å².